The Balaban J connectivity index is 0.00000137. The molecule has 0 heterocycles. The standard InChI is InChI=1S/C12H17NO3.C2H6/c1-8(2)12(16)13-6-5-9-3-4-10(14)11(15)7-9;1-2/h3-4,7-8,14-15H,5-6H2,1-2H3,(H,13,16);1-2H3. The molecule has 4 nitrogen and oxygen atoms in total. The summed E-state index contributed by atoms with van der Waals surface area (Å²) in [6.45, 7) is 8.20. The van der Waals surface area contributed by atoms with Crippen LogP contribution in [0.15, 0.2) is 18.2 Å². The fourth-order valence-corrected chi connectivity index (χ4v) is 1.26. The zero-order valence-electron chi connectivity index (χ0n) is 11.5. The molecule has 0 fully saturated rings. The van der Waals surface area contributed by atoms with Crippen LogP contribution in [0.1, 0.15) is 33.3 Å². The zero-order valence-corrected chi connectivity index (χ0v) is 11.5. The molecule has 0 unspecified atom stereocenters. The summed E-state index contributed by atoms with van der Waals surface area (Å²) in [5, 5.41) is 21.2. The van der Waals surface area contributed by atoms with Crippen LogP contribution in [0, 0.1) is 5.92 Å². The van der Waals surface area contributed by atoms with Gasteiger partial charge in [0.2, 0.25) is 5.91 Å². The Morgan fingerprint density at radius 2 is 1.83 bits per heavy atom. The molecule has 18 heavy (non-hydrogen) atoms. The average molecular weight is 253 g/mol. The molecule has 0 spiro atoms. The van der Waals surface area contributed by atoms with Gasteiger partial charge in [0.25, 0.3) is 0 Å². The van der Waals surface area contributed by atoms with Crippen LogP contribution in [0.5, 0.6) is 11.5 Å². The molecule has 0 aromatic heterocycles. The minimum absolute atomic E-state index is 0.0167. The quantitative estimate of drug-likeness (QED) is 0.722. The number of amides is 1. The van der Waals surface area contributed by atoms with Gasteiger partial charge in [0, 0.05) is 12.5 Å². The number of carbonyl (C=O) groups excluding carboxylic acids is 1. The molecule has 0 aliphatic heterocycles. The van der Waals surface area contributed by atoms with Crippen molar-refractivity contribution in [3.05, 3.63) is 23.8 Å². The van der Waals surface area contributed by atoms with Crippen molar-refractivity contribution in [1.29, 1.82) is 0 Å². The number of benzene rings is 1. The zero-order chi connectivity index (χ0) is 14.1. The van der Waals surface area contributed by atoms with Crippen molar-refractivity contribution in [3.8, 4) is 11.5 Å². The highest BCUT2D eigenvalue weighted by Gasteiger charge is 2.06. The van der Waals surface area contributed by atoms with Gasteiger partial charge in [-0.25, -0.2) is 0 Å². The van der Waals surface area contributed by atoms with Gasteiger partial charge in [-0.3, -0.25) is 4.79 Å². The van der Waals surface area contributed by atoms with Crippen LogP contribution >= 0.6 is 0 Å². The molecule has 1 aromatic rings. The van der Waals surface area contributed by atoms with Gasteiger partial charge >= 0.3 is 0 Å². The Hall–Kier alpha value is -1.71. The first-order chi connectivity index (χ1) is 8.50. The number of nitrogens with one attached hydrogen (secondary N) is 1. The van der Waals surface area contributed by atoms with E-state index in [0.29, 0.717) is 13.0 Å². The second kappa shape index (κ2) is 8.39. The summed E-state index contributed by atoms with van der Waals surface area (Å²) in [7, 11) is 0. The summed E-state index contributed by atoms with van der Waals surface area (Å²) < 4.78 is 0. The fraction of sp³-hybridized carbons (Fsp3) is 0.500. The van der Waals surface area contributed by atoms with E-state index in [1.54, 1.807) is 6.07 Å². The Morgan fingerprint density at radius 1 is 1.22 bits per heavy atom. The van der Waals surface area contributed by atoms with Crippen molar-refractivity contribution in [3.63, 3.8) is 0 Å². The second-order valence-electron chi connectivity index (χ2n) is 4.02. The van der Waals surface area contributed by atoms with Crippen molar-refractivity contribution < 1.29 is 15.0 Å². The van der Waals surface area contributed by atoms with Crippen molar-refractivity contribution in [2.45, 2.75) is 34.1 Å². The molecule has 3 N–H and O–H groups in total. The topological polar surface area (TPSA) is 69.6 Å². The maximum absolute atomic E-state index is 11.3. The SMILES string of the molecule is CC.CC(C)C(=O)NCCc1ccc(O)c(O)c1. The van der Waals surface area contributed by atoms with E-state index in [4.69, 9.17) is 5.11 Å². The van der Waals surface area contributed by atoms with E-state index >= 15 is 0 Å². The monoisotopic (exact) mass is 253 g/mol. The summed E-state index contributed by atoms with van der Waals surface area (Å²) in [4.78, 5) is 11.3. The molecule has 0 aliphatic carbocycles. The van der Waals surface area contributed by atoms with Gasteiger partial charge in [-0.1, -0.05) is 33.8 Å². The lowest BCUT2D eigenvalue weighted by Crippen LogP contribution is -2.29. The summed E-state index contributed by atoms with van der Waals surface area (Å²) in [5.41, 5.74) is 0.874. The van der Waals surface area contributed by atoms with Crippen molar-refractivity contribution in [2.24, 2.45) is 5.92 Å². The summed E-state index contributed by atoms with van der Waals surface area (Å²) in [6.07, 6.45) is 0.631. The van der Waals surface area contributed by atoms with E-state index in [0.717, 1.165) is 5.56 Å². The van der Waals surface area contributed by atoms with Crippen molar-refractivity contribution in [2.75, 3.05) is 6.54 Å². The Morgan fingerprint density at radius 3 is 2.33 bits per heavy atom. The third-order valence-electron chi connectivity index (χ3n) is 2.28. The van der Waals surface area contributed by atoms with Crippen LogP contribution in [-0.4, -0.2) is 22.7 Å². The Kier molecular flexibility index (Phi) is 7.59. The fourth-order valence-electron chi connectivity index (χ4n) is 1.26. The third kappa shape index (κ3) is 5.57. The second-order valence-corrected chi connectivity index (χ2v) is 4.02. The lowest BCUT2D eigenvalue weighted by Gasteiger charge is -2.08. The smallest absolute Gasteiger partial charge is 0.222 e. The van der Waals surface area contributed by atoms with Crippen LogP contribution in [-0.2, 0) is 11.2 Å². The molecule has 0 saturated heterocycles. The maximum atomic E-state index is 11.3. The normalized spacial score (nSPS) is 9.61. The van der Waals surface area contributed by atoms with Crippen LogP contribution in [0.2, 0.25) is 0 Å². The molecular formula is C14H23NO3. The van der Waals surface area contributed by atoms with Gasteiger partial charge in [0.1, 0.15) is 0 Å². The number of phenols is 2. The molecule has 0 aliphatic rings. The lowest BCUT2D eigenvalue weighted by molar-refractivity contribution is -0.123. The number of hydrogen-bond donors (Lipinski definition) is 3. The molecule has 1 aromatic carbocycles. The van der Waals surface area contributed by atoms with E-state index in [-0.39, 0.29) is 23.3 Å². The molecular weight excluding hydrogens is 230 g/mol. The number of aromatic hydroxyl groups is 2. The minimum Gasteiger partial charge on any atom is -0.504 e. The van der Waals surface area contributed by atoms with Gasteiger partial charge in [-0.05, 0) is 24.1 Å². The predicted molar refractivity (Wildman–Crippen MR) is 72.7 cm³/mol. The van der Waals surface area contributed by atoms with E-state index in [1.807, 2.05) is 27.7 Å². The number of phenolic OH excluding ortho intramolecular Hbond substituents is 2. The Labute approximate surface area is 109 Å². The lowest BCUT2D eigenvalue weighted by atomic mass is 10.1. The highest BCUT2D eigenvalue weighted by atomic mass is 16.3. The summed E-state index contributed by atoms with van der Waals surface area (Å²) >= 11 is 0. The molecule has 4 heteroatoms. The molecule has 0 saturated carbocycles. The molecule has 0 atom stereocenters. The molecule has 0 bridgehead atoms. The highest BCUT2D eigenvalue weighted by molar-refractivity contribution is 5.77. The van der Waals surface area contributed by atoms with Gasteiger partial charge < -0.3 is 15.5 Å². The van der Waals surface area contributed by atoms with E-state index in [1.165, 1.54) is 12.1 Å². The number of hydrogen-bond acceptors (Lipinski definition) is 3. The predicted octanol–water partition coefficient (Wildman–Crippen LogP) is 2.44. The summed E-state index contributed by atoms with van der Waals surface area (Å²) in [5.74, 6) is -0.265. The molecule has 0 radical (unpaired) electrons. The van der Waals surface area contributed by atoms with Crippen LogP contribution < -0.4 is 5.32 Å². The van der Waals surface area contributed by atoms with Crippen LogP contribution in [0.4, 0.5) is 0 Å². The molecule has 1 rings (SSSR count). The first-order valence-corrected chi connectivity index (χ1v) is 6.29. The van der Waals surface area contributed by atoms with Gasteiger partial charge in [-0.2, -0.15) is 0 Å². The van der Waals surface area contributed by atoms with E-state index in [9.17, 15) is 9.90 Å². The first-order valence-electron chi connectivity index (χ1n) is 6.29. The Bertz CT molecular complexity index is 375. The maximum Gasteiger partial charge on any atom is 0.222 e. The van der Waals surface area contributed by atoms with E-state index in [2.05, 4.69) is 5.32 Å². The average Bonchev–Trinajstić information content (AvgIpc) is 2.36. The van der Waals surface area contributed by atoms with Gasteiger partial charge in [0.05, 0.1) is 0 Å². The summed E-state index contributed by atoms with van der Waals surface area (Å²) in [6, 6.07) is 4.66. The largest absolute Gasteiger partial charge is 0.504 e. The van der Waals surface area contributed by atoms with Gasteiger partial charge in [-0.15, -0.1) is 0 Å². The van der Waals surface area contributed by atoms with Gasteiger partial charge in [0.15, 0.2) is 11.5 Å². The minimum atomic E-state index is -0.132. The third-order valence-corrected chi connectivity index (χ3v) is 2.28. The first kappa shape index (κ1) is 16.3. The van der Waals surface area contributed by atoms with E-state index < -0.39 is 0 Å². The molecule has 1 amide bonds. The van der Waals surface area contributed by atoms with Crippen molar-refractivity contribution >= 4 is 5.91 Å². The number of carbonyl (C=O) groups is 1. The van der Waals surface area contributed by atoms with Crippen LogP contribution in [0.3, 0.4) is 0 Å². The van der Waals surface area contributed by atoms with Crippen LogP contribution in [0.25, 0.3) is 0 Å². The molecule has 102 valence electrons. The number of rotatable bonds is 4. The highest BCUT2D eigenvalue weighted by Crippen LogP contribution is 2.24. The van der Waals surface area contributed by atoms with Crippen molar-refractivity contribution in [1.82, 2.24) is 5.32 Å².